The molecule has 0 radical (unpaired) electrons. The Bertz CT molecular complexity index is 1740. The Balaban J connectivity index is 1.47. The van der Waals surface area contributed by atoms with Gasteiger partial charge in [-0.25, -0.2) is 4.39 Å². The van der Waals surface area contributed by atoms with Gasteiger partial charge in [0.05, 0.1) is 28.9 Å². The van der Waals surface area contributed by atoms with Crippen molar-refractivity contribution in [3.05, 3.63) is 106 Å². The van der Waals surface area contributed by atoms with E-state index in [1.165, 1.54) is 35.2 Å². The Kier molecular flexibility index (Phi) is 6.62. The molecule has 3 aromatic carbocycles. The molecule has 0 aromatic heterocycles. The molecule has 6 atom stereocenters. The number of rotatable bonds is 5. The van der Waals surface area contributed by atoms with Crippen LogP contribution in [0.2, 0.25) is 5.02 Å². The van der Waals surface area contributed by atoms with Gasteiger partial charge in [0.25, 0.3) is 11.8 Å². The number of phenols is 1. The quantitative estimate of drug-likeness (QED) is 0.303. The van der Waals surface area contributed by atoms with Crippen molar-refractivity contribution >= 4 is 40.9 Å². The molecule has 2 N–H and O–H groups in total. The number of hydrogen-bond donors (Lipinski definition) is 2. The fourth-order valence-corrected chi connectivity index (χ4v) is 8.23. The Hall–Kier alpha value is -4.50. The van der Waals surface area contributed by atoms with Crippen LogP contribution >= 0.6 is 11.6 Å². The number of anilines is 1. The molecule has 2 saturated heterocycles. The lowest BCUT2D eigenvalue weighted by Gasteiger charge is -2.50. The average Bonchev–Trinajstić information content (AvgIpc) is 3.39. The summed E-state index contributed by atoms with van der Waals surface area (Å²) in [5.74, 6) is -5.63. The van der Waals surface area contributed by atoms with Gasteiger partial charge in [0, 0.05) is 23.0 Å². The second-order valence-corrected chi connectivity index (χ2v) is 12.3. The number of amides is 4. The Morgan fingerprint density at radius 3 is 2.32 bits per heavy atom. The van der Waals surface area contributed by atoms with Crippen molar-refractivity contribution in [1.29, 1.82) is 0 Å². The molecule has 3 aromatic rings. The summed E-state index contributed by atoms with van der Waals surface area (Å²) >= 11 is 6.28. The van der Waals surface area contributed by atoms with E-state index in [1.54, 1.807) is 49.4 Å². The molecule has 4 amide bonds. The summed E-state index contributed by atoms with van der Waals surface area (Å²) < 4.78 is 13.7. The van der Waals surface area contributed by atoms with Crippen LogP contribution < -0.4 is 5.43 Å². The molecular weight excluding hydrogens is 585 g/mol. The van der Waals surface area contributed by atoms with Crippen molar-refractivity contribution in [3.8, 4) is 5.75 Å². The van der Waals surface area contributed by atoms with E-state index < -0.39 is 52.6 Å². The van der Waals surface area contributed by atoms with Gasteiger partial charge in [-0.3, -0.25) is 29.5 Å². The van der Waals surface area contributed by atoms with Gasteiger partial charge in [0.2, 0.25) is 11.8 Å². The molecule has 3 fully saturated rings. The molecule has 2 heterocycles. The van der Waals surface area contributed by atoms with Crippen LogP contribution in [0.5, 0.6) is 5.75 Å². The first-order valence-electron chi connectivity index (χ1n) is 14.7. The van der Waals surface area contributed by atoms with E-state index in [-0.39, 0.29) is 30.5 Å². The molecule has 4 aliphatic rings. The normalized spacial score (nSPS) is 29.3. The smallest absolute Gasteiger partial charge is 0.260 e. The fraction of sp³-hybridized carbons (Fsp3) is 0.294. The number of nitrogens with zero attached hydrogens (tertiary/aromatic N) is 2. The monoisotopic (exact) mass is 613 g/mol. The minimum absolute atomic E-state index is 0.0533. The lowest BCUT2D eigenvalue weighted by molar-refractivity contribution is -0.141. The maximum Gasteiger partial charge on any atom is 0.260 e. The van der Waals surface area contributed by atoms with E-state index in [0.29, 0.717) is 28.3 Å². The molecule has 2 aliphatic carbocycles. The SMILES string of the molecule is CCN1C(=O)C2CC=C3C(CC4C(=O)N(Nc5ccc(F)cc5)C(=O)C4(c4ccc(Cl)cc4)C3c3ccccc3O)C2C1=O. The number of benzene rings is 3. The van der Waals surface area contributed by atoms with Gasteiger partial charge < -0.3 is 5.11 Å². The number of carbonyl (C=O) groups excluding carboxylic acids is 4. The van der Waals surface area contributed by atoms with Crippen molar-refractivity contribution in [2.45, 2.75) is 31.1 Å². The summed E-state index contributed by atoms with van der Waals surface area (Å²) in [6.07, 6.45) is 2.39. The number of aromatic hydroxyl groups is 1. The summed E-state index contributed by atoms with van der Waals surface area (Å²) in [5.41, 5.74) is 3.44. The highest BCUT2D eigenvalue weighted by Gasteiger charge is 2.70. The van der Waals surface area contributed by atoms with Gasteiger partial charge in [0.15, 0.2) is 0 Å². The summed E-state index contributed by atoms with van der Waals surface area (Å²) in [6.45, 7) is 2.01. The van der Waals surface area contributed by atoms with E-state index in [4.69, 9.17) is 11.6 Å². The highest BCUT2D eigenvalue weighted by molar-refractivity contribution is 6.30. The molecule has 8 nitrogen and oxygen atoms in total. The second kappa shape index (κ2) is 10.3. The number of halogens is 2. The van der Waals surface area contributed by atoms with E-state index in [1.807, 2.05) is 6.08 Å². The molecule has 6 unspecified atom stereocenters. The van der Waals surface area contributed by atoms with Crippen LogP contribution in [0.1, 0.15) is 36.8 Å². The molecule has 7 rings (SSSR count). The number of hydrogen-bond acceptors (Lipinski definition) is 6. The summed E-state index contributed by atoms with van der Waals surface area (Å²) in [4.78, 5) is 57.7. The van der Waals surface area contributed by atoms with Crippen LogP contribution in [-0.4, -0.2) is 45.2 Å². The molecule has 44 heavy (non-hydrogen) atoms. The third kappa shape index (κ3) is 3.88. The number of allylic oxidation sites excluding steroid dienone is 2. The Labute approximate surface area is 258 Å². The van der Waals surface area contributed by atoms with Crippen molar-refractivity contribution < 1.29 is 28.7 Å². The zero-order valence-corrected chi connectivity index (χ0v) is 24.5. The van der Waals surface area contributed by atoms with E-state index in [2.05, 4.69) is 5.43 Å². The summed E-state index contributed by atoms with van der Waals surface area (Å²) in [5, 5.41) is 12.7. The Morgan fingerprint density at radius 1 is 0.932 bits per heavy atom. The third-order valence-corrected chi connectivity index (χ3v) is 10.2. The average molecular weight is 614 g/mol. The van der Waals surface area contributed by atoms with Gasteiger partial charge in [-0.15, -0.1) is 0 Å². The molecule has 0 spiro atoms. The zero-order chi connectivity index (χ0) is 30.9. The van der Waals surface area contributed by atoms with Crippen LogP contribution in [0.3, 0.4) is 0 Å². The number of nitrogens with one attached hydrogen (secondary N) is 1. The first-order chi connectivity index (χ1) is 21.2. The second-order valence-electron chi connectivity index (χ2n) is 11.9. The lowest BCUT2D eigenvalue weighted by Crippen LogP contribution is -2.53. The van der Waals surface area contributed by atoms with Gasteiger partial charge in [-0.2, -0.15) is 5.01 Å². The largest absolute Gasteiger partial charge is 0.508 e. The molecule has 0 bridgehead atoms. The predicted molar refractivity (Wildman–Crippen MR) is 160 cm³/mol. The Morgan fingerprint density at radius 2 is 1.64 bits per heavy atom. The highest BCUT2D eigenvalue weighted by Crippen LogP contribution is 2.64. The standard InChI is InChI=1S/C34H29ClFN3O5/c1-2-38-30(41)24-16-15-22-25(28(24)32(38)43)17-26-31(42)39(37-21-13-11-20(36)12-14-21)33(44)34(26,18-7-9-19(35)10-8-18)29(22)23-5-3-4-6-27(23)40/h3-15,24-26,28-29,37,40H,2,16-17H2,1H3. The summed E-state index contributed by atoms with van der Waals surface area (Å²) in [6, 6.07) is 18.8. The van der Waals surface area contributed by atoms with Gasteiger partial charge in [0.1, 0.15) is 11.6 Å². The topological polar surface area (TPSA) is 107 Å². The van der Waals surface area contributed by atoms with Crippen LogP contribution in [0.15, 0.2) is 84.4 Å². The molecule has 10 heteroatoms. The first kappa shape index (κ1) is 28.3. The van der Waals surface area contributed by atoms with Gasteiger partial charge in [-0.1, -0.05) is 53.6 Å². The number of fused-ring (bicyclic) bond motifs is 4. The number of phenolic OH excluding ortho intramolecular Hbond substituents is 1. The predicted octanol–water partition coefficient (Wildman–Crippen LogP) is 5.19. The molecule has 2 aliphatic heterocycles. The maximum atomic E-state index is 14.9. The molecule has 224 valence electrons. The zero-order valence-electron chi connectivity index (χ0n) is 23.7. The van der Waals surface area contributed by atoms with Crippen molar-refractivity contribution in [1.82, 2.24) is 9.91 Å². The van der Waals surface area contributed by atoms with Crippen LogP contribution in [0.25, 0.3) is 0 Å². The number of likely N-dealkylation sites (tertiary alicyclic amines) is 1. The van der Waals surface area contributed by atoms with E-state index >= 15 is 0 Å². The number of para-hydroxylation sites is 1. The van der Waals surface area contributed by atoms with E-state index in [0.717, 1.165) is 10.6 Å². The van der Waals surface area contributed by atoms with Crippen LogP contribution in [0, 0.1) is 29.5 Å². The minimum Gasteiger partial charge on any atom is -0.508 e. The van der Waals surface area contributed by atoms with Gasteiger partial charge in [-0.05, 0) is 73.7 Å². The lowest BCUT2D eigenvalue weighted by atomic mass is 9.49. The number of hydrazine groups is 1. The van der Waals surface area contributed by atoms with Crippen molar-refractivity contribution in [2.75, 3.05) is 12.0 Å². The molecule has 1 saturated carbocycles. The fourth-order valence-electron chi connectivity index (χ4n) is 8.11. The first-order valence-corrected chi connectivity index (χ1v) is 15.1. The van der Waals surface area contributed by atoms with Crippen LogP contribution in [-0.2, 0) is 24.6 Å². The number of carbonyl (C=O) groups is 4. The third-order valence-electron chi connectivity index (χ3n) is 9.91. The maximum absolute atomic E-state index is 14.9. The summed E-state index contributed by atoms with van der Waals surface area (Å²) in [7, 11) is 0. The van der Waals surface area contributed by atoms with Crippen molar-refractivity contribution in [2.24, 2.45) is 23.7 Å². The minimum atomic E-state index is -1.53. The highest BCUT2D eigenvalue weighted by atomic mass is 35.5. The number of imide groups is 2. The van der Waals surface area contributed by atoms with Gasteiger partial charge >= 0.3 is 0 Å². The van der Waals surface area contributed by atoms with E-state index in [9.17, 15) is 28.7 Å². The molecular formula is C34H29ClFN3O5. The van der Waals surface area contributed by atoms with Crippen molar-refractivity contribution in [3.63, 3.8) is 0 Å². The van der Waals surface area contributed by atoms with Crippen LogP contribution in [0.4, 0.5) is 10.1 Å².